The zero-order chi connectivity index (χ0) is 19.7. The van der Waals surface area contributed by atoms with Crippen LogP contribution in [0, 0.1) is 0 Å². The molecule has 0 aromatic heterocycles. The van der Waals surface area contributed by atoms with Gasteiger partial charge in [0.1, 0.15) is 0 Å². The largest absolute Gasteiger partial charge is 0.390 e. The van der Waals surface area contributed by atoms with Gasteiger partial charge in [-0.1, -0.05) is 49.6 Å². The first-order valence-corrected chi connectivity index (χ1v) is 9.26. The molecule has 0 atom stereocenters. The molecule has 1 aromatic carbocycles. The number of alkyl halides is 3. The molecule has 0 saturated heterocycles. The Hall–Kier alpha value is -2.09. The molecule has 1 aliphatic rings. The molecule has 2 N–H and O–H groups in total. The second-order valence-electron chi connectivity index (χ2n) is 6.84. The van der Waals surface area contributed by atoms with Crippen molar-refractivity contribution in [2.24, 2.45) is 0 Å². The molecular formula is C19H26F3N3O2. The summed E-state index contributed by atoms with van der Waals surface area (Å²) in [7, 11) is 0. The number of benzene rings is 1. The summed E-state index contributed by atoms with van der Waals surface area (Å²) in [6.07, 6.45) is -0.694. The number of rotatable bonds is 7. The molecule has 0 spiro atoms. The zero-order valence-electron chi connectivity index (χ0n) is 15.2. The second kappa shape index (κ2) is 10.3. The summed E-state index contributed by atoms with van der Waals surface area (Å²) in [4.78, 5) is 25.6. The van der Waals surface area contributed by atoms with E-state index in [9.17, 15) is 22.8 Å². The number of imide groups is 1. The Morgan fingerprint density at radius 1 is 1.07 bits per heavy atom. The fourth-order valence-corrected chi connectivity index (χ4v) is 3.28. The van der Waals surface area contributed by atoms with Gasteiger partial charge in [0.05, 0.1) is 13.0 Å². The van der Waals surface area contributed by atoms with Crippen LogP contribution < -0.4 is 10.6 Å². The highest BCUT2D eigenvalue weighted by atomic mass is 19.4. The van der Waals surface area contributed by atoms with Crippen molar-refractivity contribution < 1.29 is 22.8 Å². The summed E-state index contributed by atoms with van der Waals surface area (Å²) in [5.41, 5.74) is 0.883. The minimum absolute atomic E-state index is 0.0424. The van der Waals surface area contributed by atoms with Crippen molar-refractivity contribution in [2.75, 3.05) is 13.1 Å². The van der Waals surface area contributed by atoms with E-state index >= 15 is 0 Å². The fraction of sp³-hybridized carbons (Fsp3) is 0.579. The Morgan fingerprint density at radius 2 is 1.74 bits per heavy atom. The number of carbonyl (C=O) groups is 2. The van der Waals surface area contributed by atoms with Crippen molar-refractivity contribution in [1.82, 2.24) is 15.5 Å². The Kier molecular flexibility index (Phi) is 8.09. The van der Waals surface area contributed by atoms with Crippen LogP contribution in [0.2, 0.25) is 0 Å². The SMILES string of the molecule is O=C(CN(CCC(F)(F)F)C1CCCCC1)NC(=O)NCc1ccccc1. The highest BCUT2D eigenvalue weighted by Crippen LogP contribution is 2.25. The number of urea groups is 1. The molecule has 5 nitrogen and oxygen atoms in total. The lowest BCUT2D eigenvalue weighted by molar-refractivity contribution is -0.141. The second-order valence-corrected chi connectivity index (χ2v) is 6.84. The number of nitrogens with one attached hydrogen (secondary N) is 2. The van der Waals surface area contributed by atoms with E-state index in [1.54, 1.807) is 4.90 Å². The quantitative estimate of drug-likeness (QED) is 0.754. The van der Waals surface area contributed by atoms with Crippen molar-refractivity contribution in [3.63, 3.8) is 0 Å². The predicted octanol–water partition coefficient (Wildman–Crippen LogP) is 3.60. The van der Waals surface area contributed by atoms with Gasteiger partial charge in [-0.05, 0) is 18.4 Å². The molecule has 0 heterocycles. The molecule has 0 bridgehead atoms. The van der Waals surface area contributed by atoms with E-state index in [1.165, 1.54) is 0 Å². The molecule has 2 rings (SSSR count). The molecule has 0 unspecified atom stereocenters. The van der Waals surface area contributed by atoms with Gasteiger partial charge in [-0.2, -0.15) is 13.2 Å². The van der Waals surface area contributed by atoms with Crippen LogP contribution in [-0.4, -0.2) is 42.1 Å². The van der Waals surface area contributed by atoms with Gasteiger partial charge in [0.25, 0.3) is 0 Å². The number of amides is 3. The third kappa shape index (κ3) is 8.43. The van der Waals surface area contributed by atoms with Gasteiger partial charge >= 0.3 is 12.2 Å². The van der Waals surface area contributed by atoms with Crippen LogP contribution in [0.4, 0.5) is 18.0 Å². The summed E-state index contributed by atoms with van der Waals surface area (Å²) >= 11 is 0. The average molecular weight is 385 g/mol. The molecule has 27 heavy (non-hydrogen) atoms. The molecule has 8 heteroatoms. The molecule has 1 aromatic rings. The lowest BCUT2D eigenvalue weighted by Crippen LogP contribution is -2.48. The molecular weight excluding hydrogens is 359 g/mol. The predicted molar refractivity (Wildman–Crippen MR) is 95.9 cm³/mol. The maximum Gasteiger partial charge on any atom is 0.390 e. The lowest BCUT2D eigenvalue weighted by atomic mass is 9.94. The summed E-state index contributed by atoms with van der Waals surface area (Å²) in [6.45, 7) is -0.174. The topological polar surface area (TPSA) is 61.4 Å². The Morgan fingerprint density at radius 3 is 2.37 bits per heavy atom. The van der Waals surface area contributed by atoms with Gasteiger partial charge in [-0.15, -0.1) is 0 Å². The number of hydrogen-bond acceptors (Lipinski definition) is 3. The van der Waals surface area contributed by atoms with Gasteiger partial charge in [0.2, 0.25) is 5.91 Å². The third-order valence-corrected chi connectivity index (χ3v) is 4.67. The smallest absolute Gasteiger partial charge is 0.334 e. The van der Waals surface area contributed by atoms with Crippen molar-refractivity contribution in [3.8, 4) is 0 Å². The minimum Gasteiger partial charge on any atom is -0.334 e. The number of halogens is 3. The van der Waals surface area contributed by atoms with Crippen LogP contribution in [0.5, 0.6) is 0 Å². The van der Waals surface area contributed by atoms with E-state index in [-0.39, 0.29) is 25.7 Å². The summed E-state index contributed by atoms with van der Waals surface area (Å²) in [5, 5.41) is 4.77. The van der Waals surface area contributed by atoms with Gasteiger partial charge in [0, 0.05) is 19.1 Å². The van der Waals surface area contributed by atoms with E-state index in [4.69, 9.17) is 0 Å². The molecule has 1 saturated carbocycles. The summed E-state index contributed by atoms with van der Waals surface area (Å²) in [6, 6.07) is 8.51. The van der Waals surface area contributed by atoms with Gasteiger partial charge in [-0.25, -0.2) is 4.79 Å². The Labute approximate surface area is 157 Å². The van der Waals surface area contributed by atoms with E-state index in [1.807, 2.05) is 30.3 Å². The van der Waals surface area contributed by atoms with Crippen LogP contribution in [0.25, 0.3) is 0 Å². The summed E-state index contributed by atoms with van der Waals surface area (Å²) < 4.78 is 37.8. The standard InChI is InChI=1S/C19H26F3N3O2/c20-19(21,22)11-12-25(16-9-5-2-6-10-16)14-17(26)24-18(27)23-13-15-7-3-1-4-8-15/h1,3-4,7-8,16H,2,5-6,9-14H2,(H2,23,24,26,27). The highest BCUT2D eigenvalue weighted by Gasteiger charge is 2.31. The van der Waals surface area contributed by atoms with E-state index in [2.05, 4.69) is 10.6 Å². The van der Waals surface area contributed by atoms with E-state index < -0.39 is 24.5 Å². The van der Waals surface area contributed by atoms with Crippen molar-refractivity contribution in [2.45, 2.75) is 57.3 Å². The maximum absolute atomic E-state index is 12.6. The van der Waals surface area contributed by atoms with Gasteiger partial charge in [0.15, 0.2) is 0 Å². The van der Waals surface area contributed by atoms with E-state index in [0.717, 1.165) is 37.7 Å². The fourth-order valence-electron chi connectivity index (χ4n) is 3.28. The van der Waals surface area contributed by atoms with Crippen LogP contribution in [0.1, 0.15) is 44.1 Å². The third-order valence-electron chi connectivity index (χ3n) is 4.67. The molecule has 1 fully saturated rings. The first-order chi connectivity index (χ1) is 12.8. The Balaban J connectivity index is 1.82. The van der Waals surface area contributed by atoms with Crippen molar-refractivity contribution in [3.05, 3.63) is 35.9 Å². The monoisotopic (exact) mass is 385 g/mol. The van der Waals surface area contributed by atoms with Gasteiger partial charge < -0.3 is 5.32 Å². The number of nitrogens with zero attached hydrogens (tertiary/aromatic N) is 1. The molecule has 1 aliphatic carbocycles. The Bertz CT molecular complexity index is 602. The van der Waals surface area contributed by atoms with Crippen molar-refractivity contribution >= 4 is 11.9 Å². The van der Waals surface area contributed by atoms with E-state index in [0.29, 0.717) is 0 Å². The highest BCUT2D eigenvalue weighted by molar-refractivity contribution is 5.95. The molecule has 0 aliphatic heterocycles. The first-order valence-electron chi connectivity index (χ1n) is 9.26. The average Bonchev–Trinajstić information content (AvgIpc) is 2.64. The number of carbonyl (C=O) groups excluding carboxylic acids is 2. The minimum atomic E-state index is -4.27. The maximum atomic E-state index is 12.6. The van der Waals surface area contributed by atoms with Gasteiger partial charge in [-0.3, -0.25) is 15.0 Å². The van der Waals surface area contributed by atoms with Crippen molar-refractivity contribution in [1.29, 1.82) is 0 Å². The molecule has 0 radical (unpaired) electrons. The normalized spacial score (nSPS) is 15.6. The van der Waals surface area contributed by atoms with Crippen LogP contribution in [0.15, 0.2) is 30.3 Å². The molecule has 150 valence electrons. The van der Waals surface area contributed by atoms with Crippen LogP contribution in [0.3, 0.4) is 0 Å². The summed E-state index contributed by atoms with van der Waals surface area (Å²) in [5.74, 6) is -0.590. The lowest BCUT2D eigenvalue weighted by Gasteiger charge is -2.34. The number of hydrogen-bond donors (Lipinski definition) is 2. The van der Waals surface area contributed by atoms with Crippen LogP contribution >= 0.6 is 0 Å². The zero-order valence-corrected chi connectivity index (χ0v) is 15.2. The van der Waals surface area contributed by atoms with Crippen LogP contribution in [-0.2, 0) is 11.3 Å². The molecule has 3 amide bonds. The first kappa shape index (κ1) is 21.2.